The molecule has 1 heterocycles. The van der Waals surface area contributed by atoms with E-state index < -0.39 is 0 Å². The Bertz CT molecular complexity index is 466. The molecule has 0 aromatic heterocycles. The van der Waals surface area contributed by atoms with Gasteiger partial charge in [-0.25, -0.2) is 0 Å². The normalized spacial score (nSPS) is 25.1. The molecule has 2 N–H and O–H groups in total. The van der Waals surface area contributed by atoms with Gasteiger partial charge in [0.2, 0.25) is 0 Å². The standard InChI is InChI=1S/C16H23N3O/c1-12(14-5-3-13(10-17)4-6-14)19-8-7-16(20-2)9-15(19)11-18/h3-6,12,15-16H,7-9,11,18H2,1-2H3. The molecule has 3 atom stereocenters. The topological polar surface area (TPSA) is 62.3 Å². The lowest BCUT2D eigenvalue weighted by molar-refractivity contribution is -0.00163. The molecule has 0 amide bonds. The van der Waals surface area contributed by atoms with Gasteiger partial charge in [-0.15, -0.1) is 0 Å². The lowest BCUT2D eigenvalue weighted by Crippen LogP contribution is -2.49. The van der Waals surface area contributed by atoms with E-state index in [1.807, 2.05) is 24.3 Å². The highest BCUT2D eigenvalue weighted by Crippen LogP contribution is 2.29. The molecule has 20 heavy (non-hydrogen) atoms. The van der Waals surface area contributed by atoms with E-state index in [0.29, 0.717) is 30.3 Å². The van der Waals surface area contributed by atoms with Gasteiger partial charge < -0.3 is 10.5 Å². The zero-order chi connectivity index (χ0) is 14.5. The number of nitrogens with zero attached hydrogens (tertiary/aromatic N) is 2. The van der Waals surface area contributed by atoms with E-state index in [2.05, 4.69) is 17.9 Å². The molecule has 3 unspecified atom stereocenters. The van der Waals surface area contributed by atoms with E-state index in [1.165, 1.54) is 5.56 Å². The second-order valence-corrected chi connectivity index (χ2v) is 5.42. The zero-order valence-electron chi connectivity index (χ0n) is 12.2. The summed E-state index contributed by atoms with van der Waals surface area (Å²) in [4.78, 5) is 2.46. The quantitative estimate of drug-likeness (QED) is 0.912. The molecule has 2 rings (SSSR count). The van der Waals surface area contributed by atoms with E-state index in [1.54, 1.807) is 7.11 Å². The van der Waals surface area contributed by atoms with Crippen LogP contribution in [0.4, 0.5) is 0 Å². The highest BCUT2D eigenvalue weighted by Gasteiger charge is 2.30. The number of hydrogen-bond donors (Lipinski definition) is 1. The average molecular weight is 273 g/mol. The van der Waals surface area contributed by atoms with Crippen LogP contribution in [-0.2, 0) is 4.74 Å². The Kier molecular flexibility index (Phi) is 5.13. The maximum absolute atomic E-state index is 8.86. The van der Waals surface area contributed by atoms with Crippen LogP contribution < -0.4 is 5.73 Å². The zero-order valence-corrected chi connectivity index (χ0v) is 12.2. The Morgan fingerprint density at radius 2 is 2.15 bits per heavy atom. The molecule has 1 aliphatic heterocycles. The molecule has 0 spiro atoms. The second-order valence-electron chi connectivity index (χ2n) is 5.42. The Balaban J connectivity index is 2.10. The molecule has 1 fully saturated rings. The number of methoxy groups -OCH3 is 1. The van der Waals surface area contributed by atoms with Crippen LogP contribution in [0.3, 0.4) is 0 Å². The largest absolute Gasteiger partial charge is 0.381 e. The molecule has 4 nitrogen and oxygen atoms in total. The SMILES string of the molecule is COC1CCN(C(C)c2ccc(C#N)cc2)C(CN)C1. The first-order valence-corrected chi connectivity index (χ1v) is 7.18. The van der Waals surface area contributed by atoms with Gasteiger partial charge in [-0.3, -0.25) is 4.90 Å². The Morgan fingerprint density at radius 3 is 2.70 bits per heavy atom. The number of hydrogen-bond acceptors (Lipinski definition) is 4. The van der Waals surface area contributed by atoms with E-state index in [0.717, 1.165) is 19.4 Å². The fourth-order valence-corrected chi connectivity index (χ4v) is 3.02. The van der Waals surface area contributed by atoms with Crippen molar-refractivity contribution in [2.45, 2.75) is 38.0 Å². The third-order valence-electron chi connectivity index (χ3n) is 4.34. The van der Waals surface area contributed by atoms with Gasteiger partial charge in [0.25, 0.3) is 0 Å². The van der Waals surface area contributed by atoms with Crippen molar-refractivity contribution in [1.82, 2.24) is 4.90 Å². The van der Waals surface area contributed by atoms with Crippen LogP contribution in [0.25, 0.3) is 0 Å². The molecule has 4 heteroatoms. The third-order valence-corrected chi connectivity index (χ3v) is 4.34. The van der Waals surface area contributed by atoms with Crippen molar-refractivity contribution >= 4 is 0 Å². The van der Waals surface area contributed by atoms with Crippen LogP contribution in [0.1, 0.15) is 36.9 Å². The summed E-state index contributed by atoms with van der Waals surface area (Å²) in [6.07, 6.45) is 2.37. The van der Waals surface area contributed by atoms with Gasteiger partial charge in [-0.05, 0) is 37.5 Å². The molecule has 1 aromatic rings. The second kappa shape index (κ2) is 6.85. The summed E-state index contributed by atoms with van der Waals surface area (Å²) >= 11 is 0. The van der Waals surface area contributed by atoms with Crippen LogP contribution in [0.15, 0.2) is 24.3 Å². The minimum Gasteiger partial charge on any atom is -0.381 e. The predicted octanol–water partition coefficient (Wildman–Crippen LogP) is 2.06. The maximum atomic E-state index is 8.86. The fourth-order valence-electron chi connectivity index (χ4n) is 3.02. The molecule has 0 aliphatic carbocycles. The van der Waals surface area contributed by atoms with Crippen molar-refractivity contribution in [2.75, 3.05) is 20.2 Å². The molecule has 1 aromatic carbocycles. The van der Waals surface area contributed by atoms with Gasteiger partial charge in [0.1, 0.15) is 0 Å². The van der Waals surface area contributed by atoms with E-state index in [-0.39, 0.29) is 0 Å². The number of nitrogens with two attached hydrogens (primary N) is 1. The molecule has 0 radical (unpaired) electrons. The van der Waals surface area contributed by atoms with E-state index in [4.69, 9.17) is 15.7 Å². The fraction of sp³-hybridized carbons (Fsp3) is 0.562. The minimum absolute atomic E-state index is 0.314. The monoisotopic (exact) mass is 273 g/mol. The van der Waals surface area contributed by atoms with Crippen molar-refractivity contribution in [3.8, 4) is 6.07 Å². The first-order chi connectivity index (χ1) is 9.69. The van der Waals surface area contributed by atoms with Gasteiger partial charge in [-0.1, -0.05) is 12.1 Å². The molecule has 1 saturated heterocycles. The van der Waals surface area contributed by atoms with Crippen LogP contribution in [0.5, 0.6) is 0 Å². The summed E-state index contributed by atoms with van der Waals surface area (Å²) in [7, 11) is 1.78. The summed E-state index contributed by atoms with van der Waals surface area (Å²) in [6.45, 7) is 3.86. The van der Waals surface area contributed by atoms with Crippen molar-refractivity contribution in [3.05, 3.63) is 35.4 Å². The number of likely N-dealkylation sites (tertiary alicyclic amines) is 1. The van der Waals surface area contributed by atoms with Crippen molar-refractivity contribution in [1.29, 1.82) is 5.26 Å². The van der Waals surface area contributed by atoms with E-state index >= 15 is 0 Å². The minimum atomic E-state index is 0.314. The number of rotatable bonds is 4. The first kappa shape index (κ1) is 15.0. The molecule has 0 saturated carbocycles. The predicted molar refractivity (Wildman–Crippen MR) is 79.2 cm³/mol. The number of ether oxygens (including phenoxy) is 1. The van der Waals surface area contributed by atoms with Gasteiger partial charge >= 0.3 is 0 Å². The molecular formula is C16H23N3O. The van der Waals surface area contributed by atoms with Gasteiger partial charge in [-0.2, -0.15) is 5.26 Å². The Morgan fingerprint density at radius 1 is 1.45 bits per heavy atom. The third kappa shape index (κ3) is 3.18. The molecular weight excluding hydrogens is 250 g/mol. The van der Waals surface area contributed by atoms with Crippen LogP contribution in [0.2, 0.25) is 0 Å². The summed E-state index contributed by atoms with van der Waals surface area (Å²) < 4.78 is 5.47. The lowest BCUT2D eigenvalue weighted by atomic mass is 9.95. The summed E-state index contributed by atoms with van der Waals surface area (Å²) in [5.74, 6) is 0. The first-order valence-electron chi connectivity index (χ1n) is 7.18. The summed E-state index contributed by atoms with van der Waals surface area (Å²) in [5, 5.41) is 8.86. The molecule has 1 aliphatic rings. The number of benzene rings is 1. The van der Waals surface area contributed by atoms with Gasteiger partial charge in [0.05, 0.1) is 17.7 Å². The van der Waals surface area contributed by atoms with Crippen molar-refractivity contribution in [3.63, 3.8) is 0 Å². The van der Waals surface area contributed by atoms with Crippen LogP contribution in [0, 0.1) is 11.3 Å². The van der Waals surface area contributed by atoms with E-state index in [9.17, 15) is 0 Å². The Hall–Kier alpha value is -1.41. The number of piperidine rings is 1. The maximum Gasteiger partial charge on any atom is 0.0991 e. The Labute approximate surface area is 121 Å². The van der Waals surface area contributed by atoms with Gasteiger partial charge in [0.15, 0.2) is 0 Å². The molecule has 108 valence electrons. The van der Waals surface area contributed by atoms with Crippen molar-refractivity contribution < 1.29 is 4.74 Å². The highest BCUT2D eigenvalue weighted by molar-refractivity contribution is 5.32. The van der Waals surface area contributed by atoms with Crippen LogP contribution >= 0.6 is 0 Å². The summed E-state index contributed by atoms with van der Waals surface area (Å²) in [5.41, 5.74) is 7.87. The van der Waals surface area contributed by atoms with Gasteiger partial charge in [0, 0.05) is 32.3 Å². The van der Waals surface area contributed by atoms with Crippen LogP contribution in [-0.4, -0.2) is 37.2 Å². The summed E-state index contributed by atoms with van der Waals surface area (Å²) in [6, 6.07) is 10.7. The average Bonchev–Trinajstić information content (AvgIpc) is 2.53. The molecule has 0 bridgehead atoms. The van der Waals surface area contributed by atoms with Crippen molar-refractivity contribution in [2.24, 2.45) is 5.73 Å². The highest BCUT2D eigenvalue weighted by atomic mass is 16.5. The number of nitriles is 1. The smallest absolute Gasteiger partial charge is 0.0991 e. The lowest BCUT2D eigenvalue weighted by Gasteiger charge is -2.42.